The quantitative estimate of drug-likeness (QED) is 0.619. The number of rotatable bonds is 6. The first-order chi connectivity index (χ1) is 9.85. The number of nitrogens with zero attached hydrogens (tertiary/aromatic N) is 2. The monoisotopic (exact) mass is 292 g/mol. The van der Waals surface area contributed by atoms with Gasteiger partial charge in [0.05, 0.1) is 4.92 Å². The molecule has 0 atom stereocenters. The largest absolute Gasteiger partial charge is 0.370 e. The molecule has 0 spiro atoms. The molecule has 0 aromatic carbocycles. The van der Waals surface area contributed by atoms with Crippen molar-refractivity contribution >= 4 is 17.4 Å². The van der Waals surface area contributed by atoms with Gasteiger partial charge in [0.1, 0.15) is 17.6 Å². The van der Waals surface area contributed by atoms with Gasteiger partial charge in [-0.15, -0.1) is 0 Å². The zero-order chi connectivity index (χ0) is 15.6. The number of hydrogen-bond donors (Lipinski definition) is 2. The number of amides is 1. The van der Waals surface area contributed by atoms with Crippen molar-refractivity contribution in [2.24, 2.45) is 5.92 Å². The lowest BCUT2D eigenvalue weighted by molar-refractivity contribution is -0.385. The number of nitro groups is 1. The maximum absolute atomic E-state index is 12.4. The average Bonchev–Trinajstić information content (AvgIpc) is 3.22. The molecule has 1 aromatic heterocycles. The summed E-state index contributed by atoms with van der Waals surface area (Å²) in [5.74, 6) is 0.466. The highest BCUT2D eigenvalue weighted by Gasteiger charge is 2.39. The molecule has 1 aliphatic rings. The summed E-state index contributed by atoms with van der Waals surface area (Å²) in [6, 6.07) is 1.43. The Labute approximate surface area is 123 Å². The van der Waals surface area contributed by atoms with E-state index in [4.69, 9.17) is 0 Å². The van der Waals surface area contributed by atoms with E-state index in [0.29, 0.717) is 18.3 Å². The van der Waals surface area contributed by atoms with E-state index in [9.17, 15) is 14.9 Å². The van der Waals surface area contributed by atoms with Crippen LogP contribution in [0.5, 0.6) is 0 Å². The van der Waals surface area contributed by atoms with Gasteiger partial charge >= 0.3 is 0 Å². The Bertz CT molecular complexity index is 567. The van der Waals surface area contributed by atoms with Gasteiger partial charge in [-0.2, -0.15) is 0 Å². The topological polar surface area (TPSA) is 97.2 Å². The second-order valence-corrected chi connectivity index (χ2v) is 5.82. The van der Waals surface area contributed by atoms with E-state index in [2.05, 4.69) is 15.6 Å². The Hall–Kier alpha value is -2.18. The SMILES string of the molecule is CCNc1cc(C(=O)NC(C)(C)C2CC2)c([N+](=O)[O-])cn1. The van der Waals surface area contributed by atoms with Gasteiger partial charge in [-0.1, -0.05) is 0 Å². The van der Waals surface area contributed by atoms with Crippen LogP contribution in [0.25, 0.3) is 0 Å². The van der Waals surface area contributed by atoms with Crippen LogP contribution in [0.15, 0.2) is 12.3 Å². The van der Waals surface area contributed by atoms with Crippen molar-refractivity contribution in [3.05, 3.63) is 27.9 Å². The van der Waals surface area contributed by atoms with Crippen LogP contribution in [0, 0.1) is 16.0 Å². The second kappa shape index (κ2) is 5.67. The predicted octanol–water partition coefficient (Wildman–Crippen LogP) is 2.34. The molecule has 1 heterocycles. The Morgan fingerprint density at radius 1 is 1.52 bits per heavy atom. The lowest BCUT2D eigenvalue weighted by Gasteiger charge is -2.26. The number of anilines is 1. The van der Waals surface area contributed by atoms with Crippen LogP contribution in [0.4, 0.5) is 11.5 Å². The fourth-order valence-electron chi connectivity index (χ4n) is 2.32. The van der Waals surface area contributed by atoms with Crippen LogP contribution in [-0.2, 0) is 0 Å². The first-order valence-electron chi connectivity index (χ1n) is 7.06. The van der Waals surface area contributed by atoms with E-state index < -0.39 is 10.8 Å². The van der Waals surface area contributed by atoms with Crippen LogP contribution < -0.4 is 10.6 Å². The molecule has 2 rings (SSSR count). The van der Waals surface area contributed by atoms with Crippen molar-refractivity contribution in [3.8, 4) is 0 Å². The number of nitrogens with one attached hydrogen (secondary N) is 2. The van der Waals surface area contributed by atoms with E-state index in [-0.39, 0.29) is 16.8 Å². The molecule has 21 heavy (non-hydrogen) atoms. The summed E-state index contributed by atoms with van der Waals surface area (Å²) in [6.07, 6.45) is 3.28. The molecule has 1 aliphatic carbocycles. The number of hydrogen-bond acceptors (Lipinski definition) is 5. The van der Waals surface area contributed by atoms with Crippen molar-refractivity contribution in [2.45, 2.75) is 39.2 Å². The number of carbonyl (C=O) groups is 1. The van der Waals surface area contributed by atoms with Crippen LogP contribution in [0.3, 0.4) is 0 Å². The summed E-state index contributed by atoms with van der Waals surface area (Å²) in [4.78, 5) is 26.8. The van der Waals surface area contributed by atoms with Gasteiger partial charge in [0, 0.05) is 18.2 Å². The van der Waals surface area contributed by atoms with Gasteiger partial charge in [0.25, 0.3) is 11.6 Å². The van der Waals surface area contributed by atoms with Crippen molar-refractivity contribution in [2.75, 3.05) is 11.9 Å². The molecule has 1 fully saturated rings. The molecule has 0 bridgehead atoms. The summed E-state index contributed by atoms with van der Waals surface area (Å²) in [5, 5.41) is 16.9. The van der Waals surface area contributed by atoms with Gasteiger partial charge in [0.2, 0.25) is 0 Å². The summed E-state index contributed by atoms with van der Waals surface area (Å²) in [7, 11) is 0. The highest BCUT2D eigenvalue weighted by atomic mass is 16.6. The lowest BCUT2D eigenvalue weighted by atomic mass is 9.98. The zero-order valence-corrected chi connectivity index (χ0v) is 12.5. The van der Waals surface area contributed by atoms with E-state index >= 15 is 0 Å². The fourth-order valence-corrected chi connectivity index (χ4v) is 2.32. The number of aromatic nitrogens is 1. The first kappa shape index (κ1) is 15.2. The van der Waals surface area contributed by atoms with Gasteiger partial charge in [-0.05, 0) is 39.5 Å². The van der Waals surface area contributed by atoms with Gasteiger partial charge < -0.3 is 10.6 Å². The molecule has 1 aromatic rings. The molecule has 1 amide bonds. The molecule has 0 unspecified atom stereocenters. The van der Waals surface area contributed by atoms with E-state index in [1.165, 1.54) is 6.07 Å². The van der Waals surface area contributed by atoms with Crippen LogP contribution >= 0.6 is 0 Å². The van der Waals surface area contributed by atoms with Crippen molar-refractivity contribution in [3.63, 3.8) is 0 Å². The highest BCUT2D eigenvalue weighted by Crippen LogP contribution is 2.39. The van der Waals surface area contributed by atoms with Crippen molar-refractivity contribution in [1.29, 1.82) is 0 Å². The predicted molar refractivity (Wildman–Crippen MR) is 79.3 cm³/mol. The number of carbonyl (C=O) groups excluding carboxylic acids is 1. The summed E-state index contributed by atoms with van der Waals surface area (Å²) in [6.45, 7) is 6.40. The highest BCUT2D eigenvalue weighted by molar-refractivity contribution is 5.99. The van der Waals surface area contributed by atoms with Crippen LogP contribution in [0.2, 0.25) is 0 Å². The lowest BCUT2D eigenvalue weighted by Crippen LogP contribution is -2.45. The molecule has 2 N–H and O–H groups in total. The molecular weight excluding hydrogens is 272 g/mol. The Morgan fingerprint density at radius 3 is 2.71 bits per heavy atom. The summed E-state index contributed by atoms with van der Waals surface area (Å²) in [5.41, 5.74) is -0.590. The summed E-state index contributed by atoms with van der Waals surface area (Å²) >= 11 is 0. The minimum atomic E-state index is -0.582. The van der Waals surface area contributed by atoms with E-state index in [1.807, 2.05) is 20.8 Å². The van der Waals surface area contributed by atoms with E-state index in [1.54, 1.807) is 0 Å². The molecule has 7 nitrogen and oxygen atoms in total. The molecule has 0 saturated heterocycles. The van der Waals surface area contributed by atoms with Gasteiger partial charge in [-0.25, -0.2) is 4.98 Å². The Morgan fingerprint density at radius 2 is 2.19 bits per heavy atom. The molecule has 7 heteroatoms. The minimum absolute atomic E-state index is 0.0414. The van der Waals surface area contributed by atoms with Crippen LogP contribution in [-0.4, -0.2) is 27.9 Å². The smallest absolute Gasteiger partial charge is 0.300 e. The average molecular weight is 292 g/mol. The molecule has 0 aliphatic heterocycles. The van der Waals surface area contributed by atoms with Gasteiger partial charge in [0.15, 0.2) is 0 Å². The maximum atomic E-state index is 12.4. The third-order valence-corrected chi connectivity index (χ3v) is 3.72. The normalized spacial score (nSPS) is 14.6. The van der Waals surface area contributed by atoms with Crippen molar-refractivity contribution < 1.29 is 9.72 Å². The van der Waals surface area contributed by atoms with Gasteiger partial charge in [-0.3, -0.25) is 14.9 Å². The summed E-state index contributed by atoms with van der Waals surface area (Å²) < 4.78 is 0. The fraction of sp³-hybridized carbons (Fsp3) is 0.571. The van der Waals surface area contributed by atoms with Crippen molar-refractivity contribution in [1.82, 2.24) is 10.3 Å². The second-order valence-electron chi connectivity index (χ2n) is 5.82. The molecule has 1 saturated carbocycles. The Balaban J connectivity index is 2.28. The maximum Gasteiger partial charge on any atom is 0.300 e. The van der Waals surface area contributed by atoms with E-state index in [0.717, 1.165) is 19.0 Å². The molecular formula is C14H20N4O3. The van der Waals surface area contributed by atoms with Crippen LogP contribution in [0.1, 0.15) is 44.0 Å². The first-order valence-corrected chi connectivity index (χ1v) is 7.06. The number of pyridine rings is 1. The Kier molecular flexibility index (Phi) is 4.11. The third kappa shape index (κ3) is 3.48. The minimum Gasteiger partial charge on any atom is -0.370 e. The molecule has 114 valence electrons. The standard InChI is InChI=1S/C14H20N4O3/c1-4-15-12-7-10(11(8-16-12)18(20)21)13(19)17-14(2,3)9-5-6-9/h7-9H,4-6H2,1-3H3,(H,15,16)(H,17,19). The zero-order valence-electron chi connectivity index (χ0n) is 12.5. The molecule has 0 radical (unpaired) electrons. The third-order valence-electron chi connectivity index (χ3n) is 3.72.